The van der Waals surface area contributed by atoms with Crippen molar-refractivity contribution in [3.05, 3.63) is 12.4 Å². The van der Waals surface area contributed by atoms with Crippen molar-refractivity contribution >= 4 is 11.9 Å². The molecule has 1 aliphatic rings. The molecule has 1 amide bonds. The largest absolute Gasteiger partial charge is 0.464 e. The SMILES string of the molecule is CCOC(=O)C1CNCCN1C(=O)CCn1ccnn1. The van der Waals surface area contributed by atoms with Gasteiger partial charge in [0.25, 0.3) is 0 Å². The van der Waals surface area contributed by atoms with Crippen LogP contribution in [0, 0.1) is 0 Å². The van der Waals surface area contributed by atoms with Crippen molar-refractivity contribution in [2.75, 3.05) is 26.2 Å². The topological polar surface area (TPSA) is 89.4 Å². The van der Waals surface area contributed by atoms with E-state index in [4.69, 9.17) is 4.74 Å². The third-order valence-electron chi connectivity index (χ3n) is 3.15. The molecule has 1 unspecified atom stereocenters. The van der Waals surface area contributed by atoms with Gasteiger partial charge in [0.05, 0.1) is 19.3 Å². The Bertz CT molecular complexity index is 448. The molecule has 1 fully saturated rings. The first-order chi connectivity index (χ1) is 9.72. The minimum atomic E-state index is -0.535. The maximum atomic E-state index is 12.2. The molecule has 1 aromatic rings. The highest BCUT2D eigenvalue weighted by Gasteiger charge is 2.32. The molecule has 1 aromatic heterocycles. The standard InChI is InChI=1S/C12H19N5O3/c1-2-20-12(19)10-9-13-4-8-17(10)11(18)3-6-16-7-5-14-15-16/h5,7,10,13H,2-4,6,8-9H2,1H3. The van der Waals surface area contributed by atoms with Gasteiger partial charge in [-0.05, 0) is 6.92 Å². The van der Waals surface area contributed by atoms with Crippen molar-refractivity contribution < 1.29 is 14.3 Å². The van der Waals surface area contributed by atoms with Crippen molar-refractivity contribution in [3.8, 4) is 0 Å². The number of ether oxygens (including phenoxy) is 1. The van der Waals surface area contributed by atoms with Crippen LogP contribution in [0.1, 0.15) is 13.3 Å². The highest BCUT2D eigenvalue weighted by molar-refractivity contribution is 5.85. The van der Waals surface area contributed by atoms with Crippen LogP contribution in [-0.4, -0.2) is 64.1 Å². The molecule has 1 saturated heterocycles. The van der Waals surface area contributed by atoms with Crippen molar-refractivity contribution in [2.45, 2.75) is 25.9 Å². The summed E-state index contributed by atoms with van der Waals surface area (Å²) < 4.78 is 6.61. The van der Waals surface area contributed by atoms with Gasteiger partial charge in [-0.1, -0.05) is 5.21 Å². The maximum absolute atomic E-state index is 12.2. The van der Waals surface area contributed by atoms with Crippen LogP contribution in [-0.2, 0) is 20.9 Å². The quantitative estimate of drug-likeness (QED) is 0.699. The van der Waals surface area contributed by atoms with E-state index in [2.05, 4.69) is 15.6 Å². The van der Waals surface area contributed by atoms with Crippen LogP contribution in [0.3, 0.4) is 0 Å². The number of hydrogen-bond donors (Lipinski definition) is 1. The van der Waals surface area contributed by atoms with Crippen LogP contribution in [0.15, 0.2) is 12.4 Å². The Morgan fingerprint density at radius 1 is 1.50 bits per heavy atom. The molecule has 0 spiro atoms. The van der Waals surface area contributed by atoms with Crippen LogP contribution < -0.4 is 5.32 Å². The second-order valence-electron chi connectivity index (χ2n) is 4.48. The number of aryl methyl sites for hydroxylation is 1. The lowest BCUT2D eigenvalue weighted by Gasteiger charge is -2.34. The van der Waals surface area contributed by atoms with E-state index in [0.717, 1.165) is 0 Å². The molecule has 2 heterocycles. The van der Waals surface area contributed by atoms with Crippen LogP contribution in [0.4, 0.5) is 0 Å². The molecule has 1 N–H and O–H groups in total. The lowest BCUT2D eigenvalue weighted by Crippen LogP contribution is -2.57. The molecule has 110 valence electrons. The summed E-state index contributed by atoms with van der Waals surface area (Å²) in [6.07, 6.45) is 3.56. The van der Waals surface area contributed by atoms with Crippen molar-refractivity contribution in [1.82, 2.24) is 25.2 Å². The molecule has 1 atom stereocenters. The summed E-state index contributed by atoms with van der Waals surface area (Å²) in [5.74, 6) is -0.422. The summed E-state index contributed by atoms with van der Waals surface area (Å²) in [6, 6.07) is -0.535. The first kappa shape index (κ1) is 14.4. The predicted molar refractivity (Wildman–Crippen MR) is 69.6 cm³/mol. The molecule has 0 saturated carbocycles. The van der Waals surface area contributed by atoms with Gasteiger partial charge in [0.2, 0.25) is 5.91 Å². The minimum Gasteiger partial charge on any atom is -0.464 e. The third kappa shape index (κ3) is 3.53. The Hall–Kier alpha value is -1.96. The zero-order valence-electron chi connectivity index (χ0n) is 11.5. The molecule has 0 aromatic carbocycles. The lowest BCUT2D eigenvalue weighted by atomic mass is 10.1. The van der Waals surface area contributed by atoms with E-state index in [-0.39, 0.29) is 11.9 Å². The molecule has 20 heavy (non-hydrogen) atoms. The van der Waals surface area contributed by atoms with Crippen LogP contribution in [0.25, 0.3) is 0 Å². The van der Waals surface area contributed by atoms with Gasteiger partial charge in [-0.15, -0.1) is 5.10 Å². The number of amides is 1. The van der Waals surface area contributed by atoms with Gasteiger partial charge in [0.1, 0.15) is 6.04 Å². The predicted octanol–water partition coefficient (Wildman–Crippen LogP) is -0.968. The fourth-order valence-electron chi connectivity index (χ4n) is 2.16. The van der Waals surface area contributed by atoms with E-state index in [1.165, 1.54) is 0 Å². The molecular formula is C12H19N5O3. The van der Waals surface area contributed by atoms with E-state index in [9.17, 15) is 9.59 Å². The van der Waals surface area contributed by atoms with Crippen molar-refractivity contribution in [3.63, 3.8) is 0 Å². The number of hydrogen-bond acceptors (Lipinski definition) is 6. The Morgan fingerprint density at radius 3 is 3.05 bits per heavy atom. The fourth-order valence-corrected chi connectivity index (χ4v) is 2.16. The van der Waals surface area contributed by atoms with Crippen molar-refractivity contribution in [2.24, 2.45) is 0 Å². The number of carbonyl (C=O) groups is 2. The number of rotatable bonds is 5. The second kappa shape index (κ2) is 6.99. The van der Waals surface area contributed by atoms with Gasteiger partial charge >= 0.3 is 5.97 Å². The van der Waals surface area contributed by atoms with Crippen LogP contribution in [0.5, 0.6) is 0 Å². The highest BCUT2D eigenvalue weighted by atomic mass is 16.5. The highest BCUT2D eigenvalue weighted by Crippen LogP contribution is 2.08. The van der Waals surface area contributed by atoms with Gasteiger partial charge in [0.15, 0.2) is 0 Å². The summed E-state index contributed by atoms with van der Waals surface area (Å²) in [4.78, 5) is 25.7. The first-order valence-corrected chi connectivity index (χ1v) is 6.73. The Labute approximate surface area is 117 Å². The van der Waals surface area contributed by atoms with E-state index < -0.39 is 6.04 Å². The molecule has 0 aliphatic carbocycles. The smallest absolute Gasteiger partial charge is 0.330 e. The monoisotopic (exact) mass is 281 g/mol. The fraction of sp³-hybridized carbons (Fsp3) is 0.667. The van der Waals surface area contributed by atoms with E-state index in [0.29, 0.717) is 39.2 Å². The van der Waals surface area contributed by atoms with E-state index in [1.807, 2.05) is 0 Å². The zero-order valence-corrected chi connectivity index (χ0v) is 11.5. The molecule has 0 radical (unpaired) electrons. The van der Waals surface area contributed by atoms with Gasteiger partial charge in [-0.2, -0.15) is 0 Å². The molecule has 2 rings (SSSR count). The normalized spacial score (nSPS) is 18.9. The van der Waals surface area contributed by atoms with Gasteiger partial charge < -0.3 is 15.0 Å². The summed E-state index contributed by atoms with van der Waals surface area (Å²) in [6.45, 7) is 4.16. The average molecular weight is 281 g/mol. The Morgan fingerprint density at radius 2 is 2.35 bits per heavy atom. The Kier molecular flexibility index (Phi) is 5.05. The molecule has 8 heteroatoms. The third-order valence-corrected chi connectivity index (χ3v) is 3.15. The van der Waals surface area contributed by atoms with Gasteiger partial charge in [-0.25, -0.2) is 4.79 Å². The van der Waals surface area contributed by atoms with E-state index in [1.54, 1.807) is 28.9 Å². The van der Waals surface area contributed by atoms with Crippen molar-refractivity contribution in [1.29, 1.82) is 0 Å². The van der Waals surface area contributed by atoms with E-state index >= 15 is 0 Å². The number of esters is 1. The number of carbonyl (C=O) groups excluding carboxylic acids is 2. The summed E-state index contributed by atoms with van der Waals surface area (Å²) in [5, 5.41) is 10.6. The number of piperazine rings is 1. The molecule has 1 aliphatic heterocycles. The minimum absolute atomic E-state index is 0.0694. The maximum Gasteiger partial charge on any atom is 0.330 e. The molecule has 8 nitrogen and oxygen atoms in total. The van der Waals surface area contributed by atoms with Gasteiger partial charge in [0, 0.05) is 32.3 Å². The number of aromatic nitrogens is 3. The molecule has 0 bridgehead atoms. The number of nitrogens with one attached hydrogen (secondary N) is 1. The summed E-state index contributed by atoms with van der Waals surface area (Å²) in [5.41, 5.74) is 0. The summed E-state index contributed by atoms with van der Waals surface area (Å²) >= 11 is 0. The first-order valence-electron chi connectivity index (χ1n) is 6.73. The lowest BCUT2D eigenvalue weighted by molar-refractivity contribution is -0.155. The number of nitrogens with zero attached hydrogens (tertiary/aromatic N) is 4. The second-order valence-corrected chi connectivity index (χ2v) is 4.48. The van der Waals surface area contributed by atoms with Crippen LogP contribution in [0.2, 0.25) is 0 Å². The zero-order chi connectivity index (χ0) is 14.4. The summed E-state index contributed by atoms with van der Waals surface area (Å²) in [7, 11) is 0. The van der Waals surface area contributed by atoms with Gasteiger partial charge in [-0.3, -0.25) is 9.48 Å². The Balaban J connectivity index is 1.92. The van der Waals surface area contributed by atoms with Crippen LogP contribution >= 0.6 is 0 Å². The molecular weight excluding hydrogens is 262 g/mol. The average Bonchev–Trinajstić information content (AvgIpc) is 2.98.